The first-order chi connectivity index (χ1) is 18.7. The molecule has 0 aromatic rings. The molecule has 11 heteroatoms. The molecule has 0 aliphatic carbocycles. The molecule has 0 radical (unpaired) electrons. The molecular weight excluding hydrogens is 570 g/mol. The molecule has 5 bridgehead atoms. The molecule has 39 heavy (non-hydrogen) atoms. The zero-order valence-corrected chi connectivity index (χ0v) is 24.5. The zero-order valence-electron chi connectivity index (χ0n) is 22.9. The number of fused-ring (bicyclic) bond motifs is 2. The van der Waals surface area contributed by atoms with Crippen LogP contribution in [0.25, 0.3) is 0 Å². The van der Waals surface area contributed by atoms with Crippen molar-refractivity contribution in [2.45, 2.75) is 89.2 Å². The van der Waals surface area contributed by atoms with Crippen LogP contribution in [-0.4, -0.2) is 94.7 Å². The van der Waals surface area contributed by atoms with E-state index in [1.165, 1.54) is 0 Å². The van der Waals surface area contributed by atoms with Crippen molar-refractivity contribution in [3.8, 4) is 0 Å². The predicted octanol–water partition coefficient (Wildman–Crippen LogP) is 2.05. The molecule has 3 amide bonds. The van der Waals surface area contributed by atoms with Crippen LogP contribution in [0.2, 0.25) is 0 Å². The second-order valence-corrected chi connectivity index (χ2v) is 11.9. The van der Waals surface area contributed by atoms with Crippen molar-refractivity contribution in [2.24, 2.45) is 11.8 Å². The SMILES string of the molecule is CCCC(C)N1C/C=C\CCC(=O)NC[C@H](C)OC(=O)[C@H]2[C@@H]3O[C@@]4(C=C3Br)[C@@H]2C(=O)N(CCCCO)[C@@H]4C1=O. The third-order valence-corrected chi connectivity index (χ3v) is 8.85. The van der Waals surface area contributed by atoms with Gasteiger partial charge in [-0.2, -0.15) is 0 Å². The van der Waals surface area contributed by atoms with Gasteiger partial charge in [0.15, 0.2) is 0 Å². The maximum absolute atomic E-state index is 14.5. The van der Waals surface area contributed by atoms with E-state index in [1.54, 1.807) is 22.8 Å². The molecule has 216 valence electrons. The Hall–Kier alpha value is -2.24. The van der Waals surface area contributed by atoms with Gasteiger partial charge in [0.2, 0.25) is 17.7 Å². The van der Waals surface area contributed by atoms with Crippen molar-refractivity contribution in [3.63, 3.8) is 0 Å². The second kappa shape index (κ2) is 12.5. The minimum atomic E-state index is -1.31. The lowest BCUT2D eigenvalue weighted by Crippen LogP contribution is -2.57. The van der Waals surface area contributed by atoms with E-state index in [4.69, 9.17) is 9.47 Å². The molecule has 4 heterocycles. The summed E-state index contributed by atoms with van der Waals surface area (Å²) in [6, 6.07) is -1.05. The first kappa shape index (κ1) is 29.7. The molecule has 0 saturated carbocycles. The van der Waals surface area contributed by atoms with E-state index < -0.39 is 41.7 Å². The summed E-state index contributed by atoms with van der Waals surface area (Å²) in [5.74, 6) is -3.12. The maximum atomic E-state index is 14.5. The van der Waals surface area contributed by atoms with Gasteiger partial charge in [0, 0.05) is 36.6 Å². The van der Waals surface area contributed by atoms with Gasteiger partial charge in [-0.05, 0) is 45.6 Å². The number of hydrogen-bond acceptors (Lipinski definition) is 7. The van der Waals surface area contributed by atoms with Crippen molar-refractivity contribution in [1.82, 2.24) is 15.1 Å². The largest absolute Gasteiger partial charge is 0.460 e. The maximum Gasteiger partial charge on any atom is 0.313 e. The second-order valence-electron chi connectivity index (χ2n) is 11.0. The standard InChI is InChI=1S/C28H40BrN3O7/c1-4-10-17(2)31-12-7-5-6-11-20(34)30-16-18(3)38-27(37)21-22-25(35)32(13-8-9-14-33)24(26(31)36)28(22)15-19(29)23(21)39-28/h5,7,15,17-18,21-24,33H,4,6,8-14,16H2,1-3H3,(H,30,34)/b7-5-/t17?,18-,21+,22-,23+,24+,28-/m0/s1. The summed E-state index contributed by atoms with van der Waals surface area (Å²) in [7, 11) is 0. The number of amides is 3. The Balaban J connectivity index is 1.78. The highest BCUT2D eigenvalue weighted by molar-refractivity contribution is 9.11. The Kier molecular flexibility index (Phi) is 9.54. The number of esters is 1. The molecule has 2 fully saturated rings. The monoisotopic (exact) mass is 609 g/mol. The van der Waals surface area contributed by atoms with Crippen LogP contribution in [0.15, 0.2) is 22.7 Å². The normalized spacial score (nSPS) is 35.0. The van der Waals surface area contributed by atoms with Gasteiger partial charge >= 0.3 is 5.97 Å². The smallest absolute Gasteiger partial charge is 0.313 e. The number of carbonyl (C=O) groups is 4. The molecule has 4 aliphatic heterocycles. The van der Waals surface area contributed by atoms with Gasteiger partial charge in [0.1, 0.15) is 29.8 Å². The molecule has 10 nitrogen and oxygen atoms in total. The molecule has 0 aromatic heterocycles. The summed E-state index contributed by atoms with van der Waals surface area (Å²) < 4.78 is 12.8. The minimum Gasteiger partial charge on any atom is -0.460 e. The van der Waals surface area contributed by atoms with Crippen LogP contribution < -0.4 is 5.32 Å². The summed E-state index contributed by atoms with van der Waals surface area (Å²) in [4.78, 5) is 57.6. The van der Waals surface area contributed by atoms with E-state index in [2.05, 4.69) is 28.2 Å². The molecule has 2 saturated heterocycles. The fourth-order valence-electron chi connectivity index (χ4n) is 6.30. The van der Waals surface area contributed by atoms with E-state index in [0.717, 1.165) is 12.8 Å². The highest BCUT2D eigenvalue weighted by atomic mass is 79.9. The number of rotatable bonds is 7. The first-order valence-corrected chi connectivity index (χ1v) is 14.9. The Labute approximate surface area is 238 Å². The van der Waals surface area contributed by atoms with Crippen molar-refractivity contribution in [3.05, 3.63) is 22.7 Å². The predicted molar refractivity (Wildman–Crippen MR) is 146 cm³/mol. The van der Waals surface area contributed by atoms with Crippen molar-refractivity contribution < 1.29 is 33.8 Å². The van der Waals surface area contributed by atoms with Gasteiger partial charge in [-0.25, -0.2) is 0 Å². The number of likely N-dealkylation sites (tertiary alicyclic amines) is 1. The first-order valence-electron chi connectivity index (χ1n) is 14.1. The van der Waals surface area contributed by atoms with Gasteiger partial charge in [-0.15, -0.1) is 0 Å². The number of cyclic esters (lactones) is 1. The number of ether oxygens (including phenoxy) is 2. The Morgan fingerprint density at radius 1 is 1.21 bits per heavy atom. The topological polar surface area (TPSA) is 125 Å². The number of nitrogens with one attached hydrogen (secondary N) is 1. The van der Waals surface area contributed by atoms with E-state index in [1.807, 2.05) is 19.1 Å². The third kappa shape index (κ3) is 5.67. The molecule has 1 unspecified atom stereocenters. The lowest BCUT2D eigenvalue weighted by Gasteiger charge is -2.38. The third-order valence-electron chi connectivity index (χ3n) is 8.17. The fraction of sp³-hybridized carbons (Fsp3) is 0.714. The van der Waals surface area contributed by atoms with Crippen LogP contribution >= 0.6 is 15.9 Å². The number of aliphatic hydroxyl groups is 1. The number of halogens is 1. The van der Waals surface area contributed by atoms with Gasteiger partial charge in [0.05, 0.1) is 12.5 Å². The van der Waals surface area contributed by atoms with Crippen LogP contribution in [0.3, 0.4) is 0 Å². The van der Waals surface area contributed by atoms with Gasteiger partial charge in [0.25, 0.3) is 0 Å². The van der Waals surface area contributed by atoms with Crippen molar-refractivity contribution >= 4 is 39.6 Å². The molecular formula is C28H40BrN3O7. The van der Waals surface area contributed by atoms with E-state index >= 15 is 0 Å². The molecule has 0 aromatic carbocycles. The number of unbranched alkanes of at least 4 members (excludes halogenated alkanes) is 1. The Morgan fingerprint density at radius 2 is 1.97 bits per heavy atom. The lowest BCUT2D eigenvalue weighted by atomic mass is 9.74. The number of allylic oxidation sites excluding steroid dienone is 1. The average Bonchev–Trinajstić information content (AvgIpc) is 3.48. The van der Waals surface area contributed by atoms with Crippen LogP contribution in [0.1, 0.15) is 59.3 Å². The Bertz CT molecular complexity index is 1030. The van der Waals surface area contributed by atoms with E-state index in [-0.39, 0.29) is 49.9 Å². The summed E-state index contributed by atoms with van der Waals surface area (Å²) in [6.45, 7) is 6.48. The Morgan fingerprint density at radius 3 is 2.69 bits per heavy atom. The highest BCUT2D eigenvalue weighted by Crippen LogP contribution is 2.59. The van der Waals surface area contributed by atoms with Gasteiger partial charge < -0.3 is 29.7 Å². The average molecular weight is 611 g/mol. The van der Waals surface area contributed by atoms with E-state index in [0.29, 0.717) is 30.3 Å². The van der Waals surface area contributed by atoms with Crippen LogP contribution in [0, 0.1) is 11.8 Å². The number of nitrogens with zero attached hydrogens (tertiary/aromatic N) is 2. The van der Waals surface area contributed by atoms with Crippen LogP contribution in [-0.2, 0) is 28.7 Å². The molecule has 2 N–H and O–H groups in total. The highest BCUT2D eigenvalue weighted by Gasteiger charge is 2.74. The zero-order chi connectivity index (χ0) is 28.3. The molecule has 1 spiro atoms. The summed E-state index contributed by atoms with van der Waals surface area (Å²) >= 11 is 3.55. The van der Waals surface area contributed by atoms with Crippen molar-refractivity contribution in [1.29, 1.82) is 0 Å². The van der Waals surface area contributed by atoms with Crippen LogP contribution in [0.5, 0.6) is 0 Å². The number of carbonyl (C=O) groups excluding carboxylic acids is 4. The minimum absolute atomic E-state index is 0.0208. The van der Waals surface area contributed by atoms with Gasteiger partial charge in [-0.1, -0.05) is 41.4 Å². The summed E-state index contributed by atoms with van der Waals surface area (Å²) in [5, 5.41) is 12.2. The number of aliphatic hydroxyl groups excluding tert-OH is 1. The summed E-state index contributed by atoms with van der Waals surface area (Å²) in [5.41, 5.74) is -1.31. The van der Waals surface area contributed by atoms with Crippen molar-refractivity contribution in [2.75, 3.05) is 26.2 Å². The molecule has 4 rings (SSSR count). The van der Waals surface area contributed by atoms with E-state index in [9.17, 15) is 24.3 Å². The fourth-order valence-corrected chi connectivity index (χ4v) is 7.04. The number of hydrogen-bond donors (Lipinski definition) is 2. The quantitative estimate of drug-likeness (QED) is 0.257. The summed E-state index contributed by atoms with van der Waals surface area (Å²) in [6.07, 6.45) is 7.70. The van der Waals surface area contributed by atoms with Crippen LogP contribution in [0.4, 0.5) is 0 Å². The molecule has 4 aliphatic rings. The van der Waals surface area contributed by atoms with Gasteiger partial charge in [-0.3, -0.25) is 19.2 Å². The molecule has 7 atom stereocenters. The lowest BCUT2D eigenvalue weighted by molar-refractivity contribution is -0.158.